The number of hydrogen-bond acceptors (Lipinski definition) is 3. The lowest BCUT2D eigenvalue weighted by Crippen LogP contribution is -2.20. The zero-order valence-electron chi connectivity index (χ0n) is 7.78. The number of rotatable bonds is 6. The Labute approximate surface area is 75.4 Å². The molecule has 0 spiro atoms. The van der Waals surface area contributed by atoms with Gasteiger partial charge in [0, 0.05) is 0 Å². The second kappa shape index (κ2) is 5.87. The summed E-state index contributed by atoms with van der Waals surface area (Å²) < 4.78 is 16.2. The monoisotopic (exact) mass is 192 g/mol. The standard InChI is InChI=1S/C8H17O3P/c1-3-9-12(10-4-2)11-8-6-5-7-8/h8H,3-7H2,1-2H3. The molecule has 4 heteroatoms. The second-order valence-corrected chi connectivity index (χ2v) is 3.89. The highest BCUT2D eigenvalue weighted by molar-refractivity contribution is 7.41. The molecular formula is C8H17O3P. The van der Waals surface area contributed by atoms with Gasteiger partial charge < -0.3 is 13.6 Å². The van der Waals surface area contributed by atoms with Gasteiger partial charge in [-0.15, -0.1) is 0 Å². The van der Waals surface area contributed by atoms with Crippen LogP contribution in [0, 0.1) is 0 Å². The summed E-state index contributed by atoms with van der Waals surface area (Å²) >= 11 is 0. The lowest BCUT2D eigenvalue weighted by Gasteiger charge is -2.28. The van der Waals surface area contributed by atoms with Gasteiger partial charge in [-0.1, -0.05) is 0 Å². The van der Waals surface area contributed by atoms with Crippen molar-refractivity contribution in [1.82, 2.24) is 0 Å². The predicted octanol–water partition coefficient (Wildman–Crippen LogP) is 2.86. The fourth-order valence-electron chi connectivity index (χ4n) is 0.907. The second-order valence-electron chi connectivity index (χ2n) is 2.72. The number of hydrogen-bond donors (Lipinski definition) is 0. The lowest BCUT2D eigenvalue weighted by molar-refractivity contribution is 0.0764. The molecule has 0 N–H and O–H groups in total. The van der Waals surface area contributed by atoms with Crippen LogP contribution in [0.15, 0.2) is 0 Å². The molecule has 1 fully saturated rings. The smallest absolute Gasteiger partial charge is 0.313 e. The Morgan fingerprint density at radius 1 is 1.17 bits per heavy atom. The van der Waals surface area contributed by atoms with Crippen LogP contribution in [0.2, 0.25) is 0 Å². The van der Waals surface area contributed by atoms with E-state index in [0.717, 1.165) is 0 Å². The largest absolute Gasteiger partial charge is 0.332 e. The third-order valence-electron chi connectivity index (χ3n) is 1.76. The van der Waals surface area contributed by atoms with Crippen molar-refractivity contribution in [1.29, 1.82) is 0 Å². The first-order chi connectivity index (χ1) is 5.86. The minimum absolute atomic E-state index is 0.397. The summed E-state index contributed by atoms with van der Waals surface area (Å²) in [5.74, 6) is 0. The van der Waals surface area contributed by atoms with Crippen molar-refractivity contribution >= 4 is 8.60 Å². The molecule has 0 aromatic carbocycles. The first-order valence-electron chi connectivity index (χ1n) is 4.59. The topological polar surface area (TPSA) is 27.7 Å². The van der Waals surface area contributed by atoms with Crippen molar-refractivity contribution in [2.24, 2.45) is 0 Å². The minimum atomic E-state index is -1.05. The van der Waals surface area contributed by atoms with Crippen molar-refractivity contribution in [3.8, 4) is 0 Å². The van der Waals surface area contributed by atoms with Crippen LogP contribution in [0.3, 0.4) is 0 Å². The summed E-state index contributed by atoms with van der Waals surface area (Å²) in [6.45, 7) is 5.24. The fraction of sp³-hybridized carbons (Fsp3) is 1.00. The van der Waals surface area contributed by atoms with Gasteiger partial charge in [-0.3, -0.25) is 0 Å². The van der Waals surface area contributed by atoms with Gasteiger partial charge in [0.1, 0.15) is 0 Å². The molecule has 0 amide bonds. The summed E-state index contributed by atoms with van der Waals surface area (Å²) in [7, 11) is -1.05. The summed E-state index contributed by atoms with van der Waals surface area (Å²) in [6.07, 6.45) is 4.01. The van der Waals surface area contributed by atoms with Gasteiger partial charge in [-0.05, 0) is 33.1 Å². The Morgan fingerprint density at radius 2 is 1.75 bits per heavy atom. The van der Waals surface area contributed by atoms with Crippen LogP contribution in [-0.4, -0.2) is 19.3 Å². The van der Waals surface area contributed by atoms with E-state index in [0.29, 0.717) is 19.3 Å². The molecule has 1 saturated carbocycles. The van der Waals surface area contributed by atoms with E-state index in [9.17, 15) is 0 Å². The van der Waals surface area contributed by atoms with Crippen LogP contribution >= 0.6 is 8.60 Å². The van der Waals surface area contributed by atoms with Crippen molar-refractivity contribution < 1.29 is 13.6 Å². The summed E-state index contributed by atoms with van der Waals surface area (Å²) in [5, 5.41) is 0. The highest BCUT2D eigenvalue weighted by atomic mass is 31.2. The zero-order chi connectivity index (χ0) is 8.81. The van der Waals surface area contributed by atoms with Crippen LogP contribution in [0.5, 0.6) is 0 Å². The molecular weight excluding hydrogens is 175 g/mol. The summed E-state index contributed by atoms with van der Waals surface area (Å²) in [6, 6.07) is 0. The highest BCUT2D eigenvalue weighted by Crippen LogP contribution is 2.44. The Hall–Kier alpha value is 0.310. The van der Waals surface area contributed by atoms with Crippen molar-refractivity contribution in [3.63, 3.8) is 0 Å². The van der Waals surface area contributed by atoms with Crippen molar-refractivity contribution in [2.75, 3.05) is 13.2 Å². The van der Waals surface area contributed by atoms with E-state index in [-0.39, 0.29) is 0 Å². The van der Waals surface area contributed by atoms with Crippen LogP contribution in [-0.2, 0) is 13.6 Å². The molecule has 0 aliphatic heterocycles. The highest BCUT2D eigenvalue weighted by Gasteiger charge is 2.24. The first kappa shape index (κ1) is 10.4. The molecule has 3 nitrogen and oxygen atoms in total. The van der Waals surface area contributed by atoms with Crippen LogP contribution in [0.4, 0.5) is 0 Å². The normalized spacial score (nSPS) is 18.2. The third-order valence-corrected chi connectivity index (χ3v) is 3.16. The average Bonchev–Trinajstić information content (AvgIpc) is 1.97. The minimum Gasteiger partial charge on any atom is -0.313 e. The lowest BCUT2D eigenvalue weighted by atomic mass is 9.97. The predicted molar refractivity (Wildman–Crippen MR) is 48.9 cm³/mol. The molecule has 12 heavy (non-hydrogen) atoms. The van der Waals surface area contributed by atoms with Crippen LogP contribution in [0.1, 0.15) is 33.1 Å². The van der Waals surface area contributed by atoms with E-state index >= 15 is 0 Å². The summed E-state index contributed by atoms with van der Waals surface area (Å²) in [4.78, 5) is 0. The van der Waals surface area contributed by atoms with Crippen molar-refractivity contribution in [2.45, 2.75) is 39.2 Å². The third kappa shape index (κ3) is 3.36. The van der Waals surface area contributed by atoms with Gasteiger partial charge >= 0.3 is 8.60 Å². The van der Waals surface area contributed by atoms with E-state index in [4.69, 9.17) is 13.6 Å². The molecule has 72 valence electrons. The maximum atomic E-state index is 5.59. The molecule has 1 aliphatic rings. The molecule has 1 aliphatic carbocycles. The Kier molecular flexibility index (Phi) is 5.08. The SMILES string of the molecule is CCOP(OCC)OC1CCC1. The molecule has 0 radical (unpaired) electrons. The molecule has 0 saturated heterocycles. The van der Waals surface area contributed by atoms with Crippen molar-refractivity contribution in [3.05, 3.63) is 0 Å². The average molecular weight is 192 g/mol. The van der Waals surface area contributed by atoms with Gasteiger partial charge in [0.25, 0.3) is 0 Å². The Morgan fingerprint density at radius 3 is 2.08 bits per heavy atom. The van der Waals surface area contributed by atoms with Gasteiger partial charge in [0.15, 0.2) is 0 Å². The van der Waals surface area contributed by atoms with Crippen LogP contribution < -0.4 is 0 Å². The van der Waals surface area contributed by atoms with Gasteiger partial charge in [0.2, 0.25) is 0 Å². The Balaban J connectivity index is 2.11. The summed E-state index contributed by atoms with van der Waals surface area (Å²) in [5.41, 5.74) is 0. The van der Waals surface area contributed by atoms with E-state index in [1.807, 2.05) is 13.8 Å². The zero-order valence-corrected chi connectivity index (χ0v) is 8.68. The Bertz CT molecular complexity index is 111. The molecule has 0 heterocycles. The molecule has 0 atom stereocenters. The maximum absolute atomic E-state index is 5.59. The van der Waals surface area contributed by atoms with Gasteiger partial charge in [-0.25, -0.2) is 0 Å². The molecule has 0 aromatic rings. The van der Waals surface area contributed by atoms with E-state index in [1.165, 1.54) is 19.3 Å². The quantitative estimate of drug-likeness (QED) is 0.605. The van der Waals surface area contributed by atoms with E-state index in [1.54, 1.807) is 0 Å². The first-order valence-corrected chi connectivity index (χ1v) is 5.69. The molecule has 0 unspecified atom stereocenters. The van der Waals surface area contributed by atoms with E-state index < -0.39 is 8.60 Å². The fourth-order valence-corrected chi connectivity index (χ4v) is 1.98. The molecule has 0 bridgehead atoms. The molecule has 1 rings (SSSR count). The molecule has 0 aromatic heterocycles. The maximum Gasteiger partial charge on any atom is 0.332 e. The van der Waals surface area contributed by atoms with Gasteiger partial charge in [0.05, 0.1) is 19.3 Å². The van der Waals surface area contributed by atoms with Crippen LogP contribution in [0.25, 0.3) is 0 Å². The van der Waals surface area contributed by atoms with E-state index in [2.05, 4.69) is 0 Å². The van der Waals surface area contributed by atoms with Gasteiger partial charge in [-0.2, -0.15) is 0 Å².